The van der Waals surface area contributed by atoms with Crippen molar-refractivity contribution in [1.82, 2.24) is 19.7 Å². The number of nitrogens with zero attached hydrogens (tertiary/aromatic N) is 4. The van der Waals surface area contributed by atoms with Crippen molar-refractivity contribution >= 4 is 16.9 Å². The molecule has 1 aromatic carbocycles. The van der Waals surface area contributed by atoms with Gasteiger partial charge in [-0.15, -0.1) is 0 Å². The van der Waals surface area contributed by atoms with Gasteiger partial charge in [0.15, 0.2) is 23.1 Å². The van der Waals surface area contributed by atoms with Crippen LogP contribution < -0.4 is 5.32 Å². The third-order valence-corrected chi connectivity index (χ3v) is 3.33. The smallest absolute Gasteiger partial charge is 0.194 e. The molecule has 0 fully saturated rings. The van der Waals surface area contributed by atoms with E-state index in [2.05, 4.69) is 20.4 Å². The van der Waals surface area contributed by atoms with Crippen LogP contribution in [-0.2, 0) is 13.5 Å². The lowest BCUT2D eigenvalue weighted by Crippen LogP contribution is -2.09. The highest BCUT2D eigenvalue weighted by molar-refractivity contribution is 5.85. The molecule has 0 bridgehead atoms. The number of aryl methyl sites for hydroxylation is 1. The van der Waals surface area contributed by atoms with Gasteiger partial charge in [0.25, 0.3) is 0 Å². The Labute approximate surface area is 123 Å². The average Bonchev–Trinajstić information content (AvgIpc) is 2.90. The van der Waals surface area contributed by atoms with Crippen molar-refractivity contribution in [2.24, 2.45) is 7.05 Å². The predicted octanol–water partition coefficient (Wildman–Crippen LogP) is 2.44. The minimum Gasteiger partial charge on any atom is -0.369 e. The van der Waals surface area contributed by atoms with E-state index in [4.69, 9.17) is 0 Å². The first-order valence-corrected chi connectivity index (χ1v) is 6.57. The number of hydrogen-bond donors (Lipinski definition) is 1. The van der Waals surface area contributed by atoms with Gasteiger partial charge in [-0.2, -0.15) is 5.10 Å². The van der Waals surface area contributed by atoms with E-state index in [1.165, 1.54) is 12.4 Å². The van der Waals surface area contributed by atoms with Crippen LogP contribution in [0.4, 0.5) is 19.0 Å². The van der Waals surface area contributed by atoms with Crippen molar-refractivity contribution in [1.29, 1.82) is 0 Å². The molecular weight excluding hydrogens is 295 g/mol. The summed E-state index contributed by atoms with van der Waals surface area (Å²) in [6, 6.07) is 2.15. The predicted molar refractivity (Wildman–Crippen MR) is 74.8 cm³/mol. The van der Waals surface area contributed by atoms with Crippen LogP contribution in [0.1, 0.15) is 5.56 Å². The van der Waals surface area contributed by atoms with E-state index in [9.17, 15) is 13.2 Å². The third kappa shape index (κ3) is 2.47. The first-order chi connectivity index (χ1) is 10.6. The highest BCUT2D eigenvalue weighted by atomic mass is 19.2. The van der Waals surface area contributed by atoms with E-state index in [0.29, 0.717) is 18.0 Å². The minimum absolute atomic E-state index is 0.0999. The Kier molecular flexibility index (Phi) is 3.66. The lowest BCUT2D eigenvalue weighted by atomic mass is 10.1. The molecular formula is C14H12F3N5. The molecule has 0 aliphatic carbocycles. The highest BCUT2D eigenvalue weighted by Gasteiger charge is 2.13. The molecule has 3 aromatic rings. The Morgan fingerprint density at radius 3 is 2.77 bits per heavy atom. The summed E-state index contributed by atoms with van der Waals surface area (Å²) in [5.74, 6) is -3.24. The lowest BCUT2D eigenvalue weighted by molar-refractivity contribution is 0.441. The maximum Gasteiger partial charge on any atom is 0.194 e. The molecule has 2 aromatic heterocycles. The molecule has 2 heterocycles. The number of rotatable bonds is 4. The van der Waals surface area contributed by atoms with Crippen molar-refractivity contribution in [3.63, 3.8) is 0 Å². The minimum atomic E-state index is -1.45. The molecule has 8 heteroatoms. The Morgan fingerprint density at radius 2 is 1.95 bits per heavy atom. The van der Waals surface area contributed by atoms with Gasteiger partial charge in [0.1, 0.15) is 12.1 Å². The van der Waals surface area contributed by atoms with Gasteiger partial charge in [-0.05, 0) is 18.1 Å². The highest BCUT2D eigenvalue weighted by Crippen LogP contribution is 2.19. The summed E-state index contributed by atoms with van der Waals surface area (Å²) in [4.78, 5) is 8.20. The van der Waals surface area contributed by atoms with E-state index in [0.717, 1.165) is 11.5 Å². The van der Waals surface area contributed by atoms with Crippen LogP contribution in [0.15, 0.2) is 24.7 Å². The maximum atomic E-state index is 13.6. The molecule has 0 amide bonds. The van der Waals surface area contributed by atoms with Gasteiger partial charge in [-0.3, -0.25) is 4.68 Å². The van der Waals surface area contributed by atoms with Crippen LogP contribution in [0, 0.1) is 17.5 Å². The summed E-state index contributed by atoms with van der Waals surface area (Å²) in [7, 11) is 1.76. The number of hydrogen-bond acceptors (Lipinski definition) is 4. The fourth-order valence-electron chi connectivity index (χ4n) is 2.18. The SMILES string of the molecule is Cn1ncc2c(NCCc3ccc(F)c(F)c3F)ncnc21. The first-order valence-electron chi connectivity index (χ1n) is 6.57. The fourth-order valence-corrected chi connectivity index (χ4v) is 2.18. The van der Waals surface area contributed by atoms with Crippen LogP contribution in [0.5, 0.6) is 0 Å². The molecule has 0 unspecified atom stereocenters. The second-order valence-electron chi connectivity index (χ2n) is 4.74. The van der Waals surface area contributed by atoms with Crippen LogP contribution in [0.25, 0.3) is 11.0 Å². The molecule has 0 aliphatic rings. The molecule has 0 saturated carbocycles. The first kappa shape index (κ1) is 14.3. The van der Waals surface area contributed by atoms with E-state index in [1.807, 2.05) is 0 Å². The van der Waals surface area contributed by atoms with Crippen molar-refractivity contribution in [3.05, 3.63) is 47.7 Å². The summed E-state index contributed by atoms with van der Waals surface area (Å²) in [5.41, 5.74) is 0.763. The van der Waals surface area contributed by atoms with Crippen molar-refractivity contribution in [2.75, 3.05) is 11.9 Å². The molecule has 22 heavy (non-hydrogen) atoms. The van der Waals surface area contributed by atoms with Gasteiger partial charge in [-0.1, -0.05) is 6.07 Å². The summed E-state index contributed by atoms with van der Waals surface area (Å²) < 4.78 is 41.2. The molecule has 0 aliphatic heterocycles. The molecule has 1 N–H and O–H groups in total. The molecule has 0 saturated heterocycles. The number of benzene rings is 1. The zero-order valence-electron chi connectivity index (χ0n) is 11.6. The van der Waals surface area contributed by atoms with Crippen LogP contribution in [-0.4, -0.2) is 26.3 Å². The van der Waals surface area contributed by atoms with Crippen molar-refractivity contribution < 1.29 is 13.2 Å². The quantitative estimate of drug-likeness (QED) is 0.752. The van der Waals surface area contributed by atoms with Gasteiger partial charge >= 0.3 is 0 Å². The molecule has 5 nitrogen and oxygen atoms in total. The number of halogens is 3. The van der Waals surface area contributed by atoms with Crippen LogP contribution in [0.3, 0.4) is 0 Å². The summed E-state index contributed by atoms with van der Waals surface area (Å²) in [5, 5.41) is 7.84. The van der Waals surface area contributed by atoms with E-state index >= 15 is 0 Å². The summed E-state index contributed by atoms with van der Waals surface area (Å²) in [6.07, 6.45) is 3.20. The molecule has 0 atom stereocenters. The Hall–Kier alpha value is -2.64. The Morgan fingerprint density at radius 1 is 1.14 bits per heavy atom. The second kappa shape index (κ2) is 5.63. The lowest BCUT2D eigenvalue weighted by Gasteiger charge is -2.08. The van der Waals surface area contributed by atoms with Crippen LogP contribution >= 0.6 is 0 Å². The van der Waals surface area contributed by atoms with Crippen molar-refractivity contribution in [2.45, 2.75) is 6.42 Å². The Bertz CT molecular complexity index is 831. The molecule has 3 rings (SSSR count). The average molecular weight is 307 g/mol. The summed E-state index contributed by atoms with van der Waals surface area (Å²) >= 11 is 0. The van der Waals surface area contributed by atoms with Gasteiger partial charge in [-0.25, -0.2) is 23.1 Å². The second-order valence-corrected chi connectivity index (χ2v) is 4.74. The van der Waals surface area contributed by atoms with Crippen molar-refractivity contribution in [3.8, 4) is 0 Å². The largest absolute Gasteiger partial charge is 0.369 e. The number of nitrogens with one attached hydrogen (secondary N) is 1. The number of fused-ring (bicyclic) bond motifs is 1. The Balaban J connectivity index is 1.74. The monoisotopic (exact) mass is 307 g/mol. The van der Waals surface area contributed by atoms with E-state index in [-0.39, 0.29) is 12.0 Å². The van der Waals surface area contributed by atoms with Gasteiger partial charge < -0.3 is 5.32 Å². The summed E-state index contributed by atoms with van der Waals surface area (Å²) in [6.45, 7) is 0.309. The van der Waals surface area contributed by atoms with Gasteiger partial charge in [0, 0.05) is 13.6 Å². The molecule has 0 spiro atoms. The van der Waals surface area contributed by atoms with Gasteiger partial charge in [0.05, 0.1) is 11.6 Å². The van der Waals surface area contributed by atoms with E-state index < -0.39 is 17.5 Å². The normalized spacial score (nSPS) is 11.1. The zero-order valence-corrected chi connectivity index (χ0v) is 11.6. The standard InChI is InChI=1S/C14H12F3N5/c1-22-14-9(6-21-22)13(19-7-20-14)18-5-4-8-2-3-10(15)12(17)11(8)16/h2-3,6-7H,4-5H2,1H3,(H,18,19,20). The van der Waals surface area contributed by atoms with E-state index in [1.54, 1.807) is 17.9 Å². The zero-order chi connectivity index (χ0) is 15.7. The fraction of sp³-hybridized carbons (Fsp3) is 0.214. The number of aromatic nitrogens is 4. The molecule has 0 radical (unpaired) electrons. The third-order valence-electron chi connectivity index (χ3n) is 3.33. The molecule has 114 valence electrons. The van der Waals surface area contributed by atoms with Crippen LogP contribution in [0.2, 0.25) is 0 Å². The number of anilines is 1. The van der Waals surface area contributed by atoms with Gasteiger partial charge in [0.2, 0.25) is 0 Å². The maximum absolute atomic E-state index is 13.6. The topological polar surface area (TPSA) is 55.6 Å².